The molecule has 8 nitrogen and oxygen atoms in total. The maximum atomic E-state index is 15.0. The average Bonchev–Trinajstić information content (AvgIpc) is 3.31. The molecule has 12 heteroatoms. The Morgan fingerprint density at radius 2 is 1.92 bits per heavy atom. The van der Waals surface area contributed by atoms with Crippen LogP contribution in [0.3, 0.4) is 0 Å². The first-order chi connectivity index (χ1) is 17.4. The molecule has 0 aliphatic carbocycles. The summed E-state index contributed by atoms with van der Waals surface area (Å²) in [6.45, 7) is 2.17. The Bertz CT molecular complexity index is 1450. The molecule has 5 rings (SSSR count). The number of nitrogens with one attached hydrogen (secondary N) is 2. The van der Waals surface area contributed by atoms with Crippen molar-refractivity contribution in [3.63, 3.8) is 0 Å². The summed E-state index contributed by atoms with van der Waals surface area (Å²) < 4.78 is 50.3. The summed E-state index contributed by atoms with van der Waals surface area (Å²) in [4.78, 5) is 22.8. The molecule has 1 fully saturated rings. The number of halogens is 4. The van der Waals surface area contributed by atoms with E-state index in [-0.39, 0.29) is 44.7 Å². The Labute approximate surface area is 208 Å². The Morgan fingerprint density at radius 3 is 2.64 bits per heavy atom. The summed E-state index contributed by atoms with van der Waals surface area (Å²) >= 11 is 6.30. The predicted molar refractivity (Wildman–Crippen MR) is 128 cm³/mol. The van der Waals surface area contributed by atoms with Gasteiger partial charge in [-0.1, -0.05) is 11.6 Å². The number of imidazole rings is 1. The van der Waals surface area contributed by atoms with Gasteiger partial charge in [0.1, 0.15) is 5.82 Å². The molecule has 0 atom stereocenters. The molecule has 36 heavy (non-hydrogen) atoms. The lowest BCUT2D eigenvalue weighted by molar-refractivity contribution is 0.0731. The minimum Gasteiger partial charge on any atom is -0.494 e. The van der Waals surface area contributed by atoms with Gasteiger partial charge in [0.25, 0.3) is 5.91 Å². The topological polar surface area (TPSA) is 83.8 Å². The van der Waals surface area contributed by atoms with Crippen LogP contribution < -0.4 is 15.4 Å². The zero-order valence-electron chi connectivity index (χ0n) is 19.0. The number of hydrogen-bond acceptors (Lipinski definition) is 6. The Kier molecular flexibility index (Phi) is 6.42. The first kappa shape index (κ1) is 23.9. The number of ether oxygens (including phenoxy) is 1. The largest absolute Gasteiger partial charge is 0.494 e. The number of hydrogen-bond donors (Lipinski definition) is 2. The fourth-order valence-electron chi connectivity index (χ4n) is 4.11. The van der Waals surface area contributed by atoms with Crippen molar-refractivity contribution in [1.82, 2.24) is 24.6 Å². The van der Waals surface area contributed by atoms with Gasteiger partial charge in [-0.2, -0.15) is 4.39 Å². The first-order valence-electron chi connectivity index (χ1n) is 11.0. The molecule has 1 aliphatic heterocycles. The minimum absolute atomic E-state index is 0.0252. The van der Waals surface area contributed by atoms with Crippen LogP contribution in [0, 0.1) is 17.5 Å². The second kappa shape index (κ2) is 9.67. The molecule has 1 saturated heterocycles. The van der Waals surface area contributed by atoms with Crippen LogP contribution in [0.25, 0.3) is 16.9 Å². The van der Waals surface area contributed by atoms with Crippen molar-refractivity contribution in [2.45, 2.75) is 0 Å². The van der Waals surface area contributed by atoms with Crippen LogP contribution in [0.4, 0.5) is 24.7 Å². The highest BCUT2D eigenvalue weighted by Crippen LogP contribution is 2.32. The SMILES string of the molecule is COc1ccc(-c2cnc3c(Nc4cc(F)c(C(=O)N5CCNCC5)c(Cl)c4)nccn23)c(F)c1F. The zero-order chi connectivity index (χ0) is 25.4. The molecule has 0 unspecified atom stereocenters. The number of carbonyl (C=O) groups is 1. The van der Waals surface area contributed by atoms with Crippen LogP contribution >= 0.6 is 11.6 Å². The predicted octanol–water partition coefficient (Wildman–Crippen LogP) is 4.26. The number of aromatic nitrogens is 3. The number of methoxy groups -OCH3 is 1. The second-order valence-electron chi connectivity index (χ2n) is 8.04. The lowest BCUT2D eigenvalue weighted by Crippen LogP contribution is -2.46. The summed E-state index contributed by atoms with van der Waals surface area (Å²) in [5.74, 6) is -3.45. The molecule has 0 saturated carbocycles. The molecule has 0 radical (unpaired) electrons. The summed E-state index contributed by atoms with van der Waals surface area (Å²) in [5, 5.41) is 6.03. The van der Waals surface area contributed by atoms with Crippen LogP contribution in [0.1, 0.15) is 10.4 Å². The Balaban J connectivity index is 1.47. The van der Waals surface area contributed by atoms with E-state index in [1.807, 2.05) is 0 Å². The molecule has 2 N–H and O–H groups in total. The van der Waals surface area contributed by atoms with Crippen molar-refractivity contribution in [1.29, 1.82) is 0 Å². The van der Waals surface area contributed by atoms with Gasteiger partial charge in [-0.25, -0.2) is 18.7 Å². The van der Waals surface area contributed by atoms with E-state index in [0.717, 1.165) is 6.07 Å². The van der Waals surface area contributed by atoms with Gasteiger partial charge in [0.05, 0.1) is 29.6 Å². The third-order valence-electron chi connectivity index (χ3n) is 5.89. The van der Waals surface area contributed by atoms with Crippen molar-refractivity contribution in [2.75, 3.05) is 38.6 Å². The van der Waals surface area contributed by atoms with Crippen molar-refractivity contribution in [2.24, 2.45) is 0 Å². The Morgan fingerprint density at radius 1 is 1.14 bits per heavy atom. The number of carbonyl (C=O) groups excluding carboxylic acids is 1. The van der Waals surface area contributed by atoms with Crippen LogP contribution in [-0.2, 0) is 0 Å². The molecule has 0 spiro atoms. The third-order valence-corrected chi connectivity index (χ3v) is 6.19. The fourth-order valence-corrected chi connectivity index (χ4v) is 4.39. The van der Waals surface area contributed by atoms with E-state index >= 15 is 0 Å². The fraction of sp³-hybridized carbons (Fsp3) is 0.208. The quantitative estimate of drug-likeness (QED) is 0.412. The number of fused-ring (bicyclic) bond motifs is 1. The average molecular weight is 517 g/mol. The van der Waals surface area contributed by atoms with Gasteiger partial charge in [0.2, 0.25) is 5.82 Å². The van der Waals surface area contributed by atoms with Gasteiger partial charge in [0, 0.05) is 49.8 Å². The van der Waals surface area contributed by atoms with E-state index in [2.05, 4.69) is 20.6 Å². The van der Waals surface area contributed by atoms with Crippen molar-refractivity contribution in [3.8, 4) is 17.0 Å². The Hall–Kier alpha value is -3.83. The normalized spacial score (nSPS) is 13.8. The minimum atomic E-state index is -1.11. The molecule has 0 bridgehead atoms. The number of anilines is 2. The number of piperazine rings is 1. The molecule has 2 aromatic carbocycles. The third kappa shape index (κ3) is 4.20. The van der Waals surface area contributed by atoms with Gasteiger partial charge in [-0.15, -0.1) is 0 Å². The summed E-state index contributed by atoms with van der Waals surface area (Å²) in [5.41, 5.74) is 0.565. The maximum Gasteiger partial charge on any atom is 0.258 e. The number of amides is 1. The number of rotatable bonds is 5. The van der Waals surface area contributed by atoms with E-state index in [9.17, 15) is 18.0 Å². The van der Waals surface area contributed by atoms with E-state index in [1.54, 1.807) is 4.90 Å². The molecule has 186 valence electrons. The molecular formula is C24H20ClF3N6O2. The van der Waals surface area contributed by atoms with Gasteiger partial charge < -0.3 is 20.3 Å². The van der Waals surface area contributed by atoms with E-state index in [1.165, 1.54) is 48.3 Å². The molecule has 2 aromatic heterocycles. The standard InChI is InChI=1S/C24H20ClF3N6O2/c1-36-18-3-2-14(20(27)21(18)28)17-12-31-23-22(30-6-9-34(17)23)32-13-10-15(25)19(16(26)11-13)24(35)33-7-4-29-5-8-33/h2-3,6,9-12,29H,4-5,7-8H2,1H3,(H,30,32). The molecule has 3 heterocycles. The van der Waals surface area contributed by atoms with Crippen LogP contribution in [0.2, 0.25) is 5.02 Å². The first-order valence-corrected chi connectivity index (χ1v) is 11.4. The molecule has 4 aromatic rings. The maximum absolute atomic E-state index is 15.0. The van der Waals surface area contributed by atoms with Crippen LogP contribution in [0.5, 0.6) is 5.75 Å². The van der Waals surface area contributed by atoms with Crippen LogP contribution in [0.15, 0.2) is 42.9 Å². The molecule has 1 aliphatic rings. The number of benzene rings is 2. The highest BCUT2D eigenvalue weighted by molar-refractivity contribution is 6.34. The van der Waals surface area contributed by atoms with Crippen molar-refractivity contribution in [3.05, 3.63) is 70.9 Å². The summed E-state index contributed by atoms with van der Waals surface area (Å²) in [6, 6.07) is 5.28. The lowest BCUT2D eigenvalue weighted by Gasteiger charge is -2.28. The van der Waals surface area contributed by atoms with Gasteiger partial charge in [0.15, 0.2) is 23.0 Å². The van der Waals surface area contributed by atoms with E-state index < -0.39 is 23.4 Å². The van der Waals surface area contributed by atoms with E-state index in [4.69, 9.17) is 16.3 Å². The highest BCUT2D eigenvalue weighted by Gasteiger charge is 2.25. The molecule has 1 amide bonds. The lowest BCUT2D eigenvalue weighted by atomic mass is 10.1. The van der Waals surface area contributed by atoms with Crippen LogP contribution in [-0.4, -0.2) is 58.5 Å². The summed E-state index contributed by atoms with van der Waals surface area (Å²) in [7, 11) is 1.25. The zero-order valence-corrected chi connectivity index (χ0v) is 19.7. The van der Waals surface area contributed by atoms with E-state index in [0.29, 0.717) is 26.2 Å². The van der Waals surface area contributed by atoms with Crippen molar-refractivity contribution >= 4 is 34.7 Å². The van der Waals surface area contributed by atoms with Gasteiger partial charge >= 0.3 is 0 Å². The number of nitrogens with zero attached hydrogens (tertiary/aromatic N) is 4. The van der Waals surface area contributed by atoms with Gasteiger partial charge in [-0.3, -0.25) is 9.20 Å². The summed E-state index contributed by atoms with van der Waals surface area (Å²) in [6.07, 6.45) is 4.33. The molecular weight excluding hydrogens is 497 g/mol. The van der Waals surface area contributed by atoms with Gasteiger partial charge in [-0.05, 0) is 24.3 Å². The smallest absolute Gasteiger partial charge is 0.258 e. The van der Waals surface area contributed by atoms with Crippen molar-refractivity contribution < 1.29 is 22.7 Å². The highest BCUT2D eigenvalue weighted by atomic mass is 35.5. The monoisotopic (exact) mass is 516 g/mol. The second-order valence-corrected chi connectivity index (χ2v) is 8.45.